The fourth-order valence-electron chi connectivity index (χ4n) is 2.04. The topological polar surface area (TPSA) is 64.7 Å². The van der Waals surface area contributed by atoms with E-state index in [0.717, 1.165) is 26.8 Å². The zero-order chi connectivity index (χ0) is 15.0. The van der Waals surface area contributed by atoms with Crippen LogP contribution in [0.2, 0.25) is 0 Å². The Morgan fingerprint density at radius 3 is 2.52 bits per heavy atom. The van der Waals surface area contributed by atoms with Gasteiger partial charge in [0.1, 0.15) is 4.88 Å². The Labute approximate surface area is 127 Å². The maximum absolute atomic E-state index is 5.36. The Hall–Kier alpha value is -2.08. The molecular formula is C15H16N4OS. The van der Waals surface area contributed by atoms with Crippen LogP contribution in [0, 0.1) is 13.8 Å². The SMILES string of the molecule is Cc1nc(C)c(-c2nc(-c3ccc(C(C)C)nc3)no2)s1. The summed E-state index contributed by atoms with van der Waals surface area (Å²) >= 11 is 1.56. The third kappa shape index (κ3) is 2.71. The molecule has 0 saturated carbocycles. The molecule has 3 aromatic heterocycles. The molecule has 0 unspecified atom stereocenters. The zero-order valence-corrected chi connectivity index (χ0v) is 13.2. The highest BCUT2D eigenvalue weighted by Gasteiger charge is 2.16. The van der Waals surface area contributed by atoms with E-state index in [4.69, 9.17) is 4.52 Å². The van der Waals surface area contributed by atoms with Gasteiger partial charge in [-0.15, -0.1) is 11.3 Å². The molecule has 6 heteroatoms. The first-order chi connectivity index (χ1) is 10.0. The number of aryl methyl sites for hydroxylation is 2. The van der Waals surface area contributed by atoms with Crippen LogP contribution < -0.4 is 0 Å². The van der Waals surface area contributed by atoms with Gasteiger partial charge in [-0.25, -0.2) is 4.98 Å². The van der Waals surface area contributed by atoms with Crippen molar-refractivity contribution in [2.45, 2.75) is 33.6 Å². The third-order valence-corrected chi connectivity index (χ3v) is 4.22. The minimum absolute atomic E-state index is 0.405. The predicted octanol–water partition coefficient (Wildman–Crippen LogP) is 4.00. The van der Waals surface area contributed by atoms with Crippen LogP contribution in [0.5, 0.6) is 0 Å². The average Bonchev–Trinajstić information content (AvgIpc) is 3.05. The fourth-order valence-corrected chi connectivity index (χ4v) is 2.88. The molecule has 3 aromatic rings. The number of thiazole rings is 1. The second-order valence-corrected chi connectivity index (χ2v) is 6.40. The summed E-state index contributed by atoms with van der Waals surface area (Å²) < 4.78 is 5.36. The van der Waals surface area contributed by atoms with Crippen LogP contribution in [0.1, 0.15) is 36.2 Å². The van der Waals surface area contributed by atoms with Gasteiger partial charge in [-0.1, -0.05) is 19.0 Å². The average molecular weight is 300 g/mol. The lowest BCUT2D eigenvalue weighted by molar-refractivity contribution is 0.433. The Morgan fingerprint density at radius 1 is 1.14 bits per heavy atom. The summed E-state index contributed by atoms with van der Waals surface area (Å²) in [4.78, 5) is 14.2. The molecule has 0 aliphatic rings. The summed E-state index contributed by atoms with van der Waals surface area (Å²) in [7, 11) is 0. The number of nitrogens with zero attached hydrogens (tertiary/aromatic N) is 4. The van der Waals surface area contributed by atoms with Gasteiger partial charge in [0, 0.05) is 17.5 Å². The molecule has 108 valence electrons. The second-order valence-electron chi connectivity index (χ2n) is 5.20. The van der Waals surface area contributed by atoms with Gasteiger partial charge < -0.3 is 4.52 Å². The minimum Gasteiger partial charge on any atom is -0.333 e. The molecule has 0 aromatic carbocycles. The van der Waals surface area contributed by atoms with E-state index in [-0.39, 0.29) is 0 Å². The van der Waals surface area contributed by atoms with Gasteiger partial charge in [-0.2, -0.15) is 4.98 Å². The van der Waals surface area contributed by atoms with Crippen molar-refractivity contribution in [2.24, 2.45) is 0 Å². The minimum atomic E-state index is 0.405. The van der Waals surface area contributed by atoms with Crippen LogP contribution in [-0.2, 0) is 0 Å². The van der Waals surface area contributed by atoms with E-state index < -0.39 is 0 Å². The van der Waals surface area contributed by atoms with Gasteiger partial charge >= 0.3 is 0 Å². The molecule has 21 heavy (non-hydrogen) atoms. The van der Waals surface area contributed by atoms with E-state index in [1.54, 1.807) is 17.5 Å². The Kier molecular flexibility index (Phi) is 3.55. The van der Waals surface area contributed by atoms with Crippen molar-refractivity contribution in [1.29, 1.82) is 0 Å². The lowest BCUT2D eigenvalue weighted by atomic mass is 10.1. The van der Waals surface area contributed by atoms with Crippen molar-refractivity contribution >= 4 is 11.3 Å². The standard InChI is InChI=1S/C15H16N4OS/c1-8(2)12-6-5-11(7-16-12)14-18-15(20-19-14)13-9(3)17-10(4)21-13/h5-8H,1-4H3. The number of rotatable bonds is 3. The molecule has 0 bridgehead atoms. The van der Waals surface area contributed by atoms with Gasteiger partial charge in [-0.05, 0) is 31.9 Å². The number of hydrogen-bond acceptors (Lipinski definition) is 6. The molecule has 3 heterocycles. The van der Waals surface area contributed by atoms with Gasteiger partial charge in [0.25, 0.3) is 5.89 Å². The number of hydrogen-bond donors (Lipinski definition) is 0. The highest BCUT2D eigenvalue weighted by molar-refractivity contribution is 7.15. The molecule has 0 atom stereocenters. The van der Waals surface area contributed by atoms with Crippen molar-refractivity contribution in [3.05, 3.63) is 34.7 Å². The van der Waals surface area contributed by atoms with Gasteiger partial charge in [0.2, 0.25) is 5.82 Å². The molecule has 5 nitrogen and oxygen atoms in total. The number of pyridine rings is 1. The summed E-state index contributed by atoms with van der Waals surface area (Å²) in [6.07, 6.45) is 1.79. The van der Waals surface area contributed by atoms with Crippen molar-refractivity contribution in [3.8, 4) is 22.2 Å². The first-order valence-electron chi connectivity index (χ1n) is 6.79. The predicted molar refractivity (Wildman–Crippen MR) is 82.2 cm³/mol. The van der Waals surface area contributed by atoms with Gasteiger partial charge in [0.05, 0.1) is 10.7 Å². The van der Waals surface area contributed by atoms with Gasteiger partial charge in [-0.3, -0.25) is 4.98 Å². The number of aromatic nitrogens is 4. The smallest absolute Gasteiger partial charge is 0.270 e. The molecule has 0 aliphatic heterocycles. The maximum Gasteiger partial charge on any atom is 0.270 e. The lowest BCUT2D eigenvalue weighted by Crippen LogP contribution is -1.92. The summed E-state index contributed by atoms with van der Waals surface area (Å²) in [5.74, 6) is 1.47. The summed E-state index contributed by atoms with van der Waals surface area (Å²) in [6, 6.07) is 3.97. The Balaban J connectivity index is 1.93. The van der Waals surface area contributed by atoms with Gasteiger partial charge in [0.15, 0.2) is 0 Å². The quantitative estimate of drug-likeness (QED) is 0.731. The highest BCUT2D eigenvalue weighted by Crippen LogP contribution is 2.29. The van der Waals surface area contributed by atoms with Crippen LogP contribution in [0.15, 0.2) is 22.9 Å². The first-order valence-corrected chi connectivity index (χ1v) is 7.60. The second kappa shape index (κ2) is 5.37. The van der Waals surface area contributed by atoms with E-state index in [1.165, 1.54) is 0 Å². The van der Waals surface area contributed by atoms with Crippen molar-refractivity contribution in [1.82, 2.24) is 20.1 Å². The van der Waals surface area contributed by atoms with Crippen LogP contribution in [0.3, 0.4) is 0 Å². The van der Waals surface area contributed by atoms with Crippen LogP contribution in [0.4, 0.5) is 0 Å². The fraction of sp³-hybridized carbons (Fsp3) is 0.333. The van der Waals surface area contributed by atoms with Crippen LogP contribution in [0.25, 0.3) is 22.2 Å². The van der Waals surface area contributed by atoms with Crippen LogP contribution in [-0.4, -0.2) is 20.1 Å². The van der Waals surface area contributed by atoms with E-state index in [1.807, 2.05) is 26.0 Å². The molecule has 0 fully saturated rings. The zero-order valence-electron chi connectivity index (χ0n) is 12.4. The van der Waals surface area contributed by atoms with Crippen molar-refractivity contribution in [3.63, 3.8) is 0 Å². The van der Waals surface area contributed by atoms with Crippen molar-refractivity contribution in [2.75, 3.05) is 0 Å². The van der Waals surface area contributed by atoms with E-state index in [2.05, 4.69) is 34.0 Å². The van der Waals surface area contributed by atoms with E-state index >= 15 is 0 Å². The Bertz CT molecular complexity index is 758. The molecular weight excluding hydrogens is 284 g/mol. The largest absolute Gasteiger partial charge is 0.333 e. The Morgan fingerprint density at radius 2 is 1.95 bits per heavy atom. The molecule has 0 aliphatic carbocycles. The molecule has 3 rings (SSSR count). The molecule has 0 saturated heterocycles. The van der Waals surface area contributed by atoms with Crippen LogP contribution >= 0.6 is 11.3 Å². The summed E-state index contributed by atoms with van der Waals surface area (Å²) in [5, 5.41) is 5.03. The van der Waals surface area contributed by atoms with Crippen molar-refractivity contribution < 1.29 is 4.52 Å². The third-order valence-electron chi connectivity index (χ3n) is 3.16. The summed E-state index contributed by atoms with van der Waals surface area (Å²) in [6.45, 7) is 8.14. The summed E-state index contributed by atoms with van der Waals surface area (Å²) in [5.41, 5.74) is 2.82. The normalized spacial score (nSPS) is 11.3. The monoisotopic (exact) mass is 300 g/mol. The van der Waals surface area contributed by atoms with E-state index in [9.17, 15) is 0 Å². The molecule has 0 N–H and O–H groups in total. The molecule has 0 amide bonds. The highest BCUT2D eigenvalue weighted by atomic mass is 32.1. The lowest BCUT2D eigenvalue weighted by Gasteiger charge is -2.03. The first kappa shape index (κ1) is 13.9. The molecule has 0 spiro atoms. The van der Waals surface area contributed by atoms with E-state index in [0.29, 0.717) is 17.6 Å². The molecule has 0 radical (unpaired) electrons. The maximum atomic E-state index is 5.36.